The van der Waals surface area contributed by atoms with Crippen LogP contribution in [0.25, 0.3) is 11.0 Å². The number of fused-ring (bicyclic) bond motifs is 1. The molecule has 0 aliphatic heterocycles. The molecule has 0 radical (unpaired) electrons. The molecule has 2 heterocycles. The van der Waals surface area contributed by atoms with Gasteiger partial charge >= 0.3 is 5.69 Å². The number of nitrogens with zero attached hydrogens (tertiary/aromatic N) is 3. The van der Waals surface area contributed by atoms with Crippen LogP contribution in [0.4, 0.5) is 0 Å². The van der Waals surface area contributed by atoms with Gasteiger partial charge in [-0.2, -0.15) is 0 Å². The summed E-state index contributed by atoms with van der Waals surface area (Å²) in [5, 5.41) is 0. The first-order chi connectivity index (χ1) is 13.1. The molecule has 27 heavy (non-hydrogen) atoms. The number of aryl methyl sites for hydroxylation is 2. The second-order valence-electron chi connectivity index (χ2n) is 6.84. The van der Waals surface area contributed by atoms with Crippen molar-refractivity contribution in [1.82, 2.24) is 13.7 Å². The predicted molar refractivity (Wildman–Crippen MR) is 107 cm³/mol. The normalized spacial score (nSPS) is 11.2. The largest absolute Gasteiger partial charge is 0.337 e. The van der Waals surface area contributed by atoms with Gasteiger partial charge in [-0.25, -0.2) is 4.79 Å². The third kappa shape index (κ3) is 3.01. The molecule has 0 bridgehead atoms. The summed E-state index contributed by atoms with van der Waals surface area (Å²) in [5.41, 5.74) is 3.67. The van der Waals surface area contributed by atoms with Crippen molar-refractivity contribution in [3.8, 4) is 0 Å². The van der Waals surface area contributed by atoms with Crippen molar-refractivity contribution in [3.63, 3.8) is 0 Å². The van der Waals surface area contributed by atoms with Gasteiger partial charge in [-0.05, 0) is 23.6 Å². The Bertz CT molecular complexity index is 1220. The molecule has 0 N–H and O–H groups in total. The maximum Gasteiger partial charge on any atom is 0.331 e. The molecule has 0 unspecified atom stereocenters. The number of hydrogen-bond donors (Lipinski definition) is 0. The number of hydrogen-bond acceptors (Lipinski definition) is 2. The summed E-state index contributed by atoms with van der Waals surface area (Å²) in [6.45, 7) is 2.78. The molecule has 5 heteroatoms. The Morgan fingerprint density at radius 1 is 0.778 bits per heavy atom. The summed E-state index contributed by atoms with van der Waals surface area (Å²) in [7, 11) is 1.73. The van der Waals surface area contributed by atoms with E-state index in [2.05, 4.69) is 0 Å². The number of rotatable bonds is 4. The van der Waals surface area contributed by atoms with Crippen LogP contribution >= 0.6 is 0 Å². The van der Waals surface area contributed by atoms with Gasteiger partial charge in [-0.15, -0.1) is 0 Å². The van der Waals surface area contributed by atoms with Gasteiger partial charge in [0.25, 0.3) is 5.56 Å². The van der Waals surface area contributed by atoms with Gasteiger partial charge < -0.3 is 4.57 Å². The molecule has 0 aliphatic carbocycles. The van der Waals surface area contributed by atoms with Crippen LogP contribution in [-0.4, -0.2) is 13.7 Å². The van der Waals surface area contributed by atoms with Crippen molar-refractivity contribution in [2.45, 2.75) is 20.0 Å². The van der Waals surface area contributed by atoms with Crippen LogP contribution < -0.4 is 11.2 Å². The minimum absolute atomic E-state index is 0.249. The SMILES string of the molecule is Cc1cn(Cc2ccccc2)c2c(=O)n(Cc3ccccc3)c(=O)n(C)c12. The van der Waals surface area contributed by atoms with Gasteiger partial charge in [-0.1, -0.05) is 60.7 Å². The fourth-order valence-electron chi connectivity index (χ4n) is 3.63. The molecule has 0 saturated carbocycles. The highest BCUT2D eigenvalue weighted by Crippen LogP contribution is 2.17. The maximum atomic E-state index is 13.3. The van der Waals surface area contributed by atoms with Crippen LogP contribution in [0.5, 0.6) is 0 Å². The summed E-state index contributed by atoms with van der Waals surface area (Å²) in [6, 6.07) is 19.6. The fourth-order valence-corrected chi connectivity index (χ4v) is 3.63. The van der Waals surface area contributed by atoms with E-state index in [1.165, 1.54) is 4.57 Å². The van der Waals surface area contributed by atoms with Gasteiger partial charge in [-0.3, -0.25) is 13.9 Å². The molecule has 2 aromatic heterocycles. The zero-order valence-electron chi connectivity index (χ0n) is 15.4. The average molecular weight is 359 g/mol. The first kappa shape index (κ1) is 17.1. The molecule has 4 rings (SSSR count). The molecule has 0 amide bonds. The van der Waals surface area contributed by atoms with Crippen LogP contribution in [0.3, 0.4) is 0 Å². The third-order valence-corrected chi connectivity index (χ3v) is 4.91. The highest BCUT2D eigenvalue weighted by Gasteiger charge is 2.17. The Kier molecular flexibility index (Phi) is 4.28. The highest BCUT2D eigenvalue weighted by atomic mass is 16.2. The van der Waals surface area contributed by atoms with E-state index in [9.17, 15) is 9.59 Å². The second kappa shape index (κ2) is 6.76. The second-order valence-corrected chi connectivity index (χ2v) is 6.84. The van der Waals surface area contributed by atoms with Crippen LogP contribution in [0, 0.1) is 6.92 Å². The van der Waals surface area contributed by atoms with E-state index in [4.69, 9.17) is 0 Å². The summed E-state index contributed by atoms with van der Waals surface area (Å²) in [5.74, 6) is 0. The summed E-state index contributed by atoms with van der Waals surface area (Å²) in [6.07, 6.45) is 1.95. The van der Waals surface area contributed by atoms with Crippen molar-refractivity contribution < 1.29 is 0 Å². The minimum Gasteiger partial charge on any atom is -0.337 e. The Morgan fingerprint density at radius 2 is 1.33 bits per heavy atom. The van der Waals surface area contributed by atoms with Gasteiger partial charge in [0.1, 0.15) is 5.52 Å². The molecular formula is C22H21N3O2. The van der Waals surface area contributed by atoms with Gasteiger partial charge in [0.2, 0.25) is 0 Å². The van der Waals surface area contributed by atoms with Gasteiger partial charge in [0, 0.05) is 19.8 Å². The third-order valence-electron chi connectivity index (χ3n) is 4.91. The molecule has 136 valence electrons. The van der Waals surface area contributed by atoms with Crippen molar-refractivity contribution in [2.24, 2.45) is 7.05 Å². The smallest absolute Gasteiger partial charge is 0.331 e. The Morgan fingerprint density at radius 3 is 1.93 bits per heavy atom. The van der Waals surface area contributed by atoms with E-state index >= 15 is 0 Å². The maximum absolute atomic E-state index is 13.3. The molecular weight excluding hydrogens is 338 g/mol. The fraction of sp³-hybridized carbons (Fsp3) is 0.182. The minimum atomic E-state index is -0.295. The topological polar surface area (TPSA) is 48.9 Å². The van der Waals surface area contributed by atoms with Gasteiger partial charge in [0.05, 0.1) is 12.1 Å². The van der Waals surface area contributed by atoms with Crippen LogP contribution in [-0.2, 0) is 20.1 Å². The number of aromatic nitrogens is 3. The molecule has 0 saturated heterocycles. The van der Waals surface area contributed by atoms with E-state index in [1.807, 2.05) is 78.4 Å². The highest BCUT2D eigenvalue weighted by molar-refractivity contribution is 5.79. The lowest BCUT2D eigenvalue weighted by atomic mass is 10.2. The van der Waals surface area contributed by atoms with E-state index in [1.54, 1.807) is 11.6 Å². The van der Waals surface area contributed by atoms with Crippen molar-refractivity contribution >= 4 is 11.0 Å². The zero-order valence-corrected chi connectivity index (χ0v) is 15.4. The van der Waals surface area contributed by atoms with E-state index in [-0.39, 0.29) is 17.8 Å². The quantitative estimate of drug-likeness (QED) is 0.563. The van der Waals surface area contributed by atoms with E-state index < -0.39 is 0 Å². The van der Waals surface area contributed by atoms with E-state index in [0.717, 1.165) is 16.7 Å². The summed E-state index contributed by atoms with van der Waals surface area (Å²) < 4.78 is 4.85. The summed E-state index contributed by atoms with van der Waals surface area (Å²) >= 11 is 0. The molecule has 0 spiro atoms. The van der Waals surface area contributed by atoms with Crippen LogP contribution in [0.2, 0.25) is 0 Å². The monoisotopic (exact) mass is 359 g/mol. The Hall–Kier alpha value is -3.34. The molecule has 0 aliphatic rings. The van der Waals surface area contributed by atoms with Crippen molar-refractivity contribution in [2.75, 3.05) is 0 Å². The molecule has 0 fully saturated rings. The molecule has 2 aromatic carbocycles. The summed E-state index contributed by atoms with van der Waals surface area (Å²) in [4.78, 5) is 26.1. The van der Waals surface area contributed by atoms with Crippen molar-refractivity contribution in [1.29, 1.82) is 0 Å². The molecule has 5 nitrogen and oxygen atoms in total. The molecule has 0 atom stereocenters. The first-order valence-corrected chi connectivity index (χ1v) is 8.93. The lowest BCUT2D eigenvalue weighted by Crippen LogP contribution is -2.39. The predicted octanol–water partition coefficient (Wildman–Crippen LogP) is 2.91. The zero-order chi connectivity index (χ0) is 19.0. The van der Waals surface area contributed by atoms with Crippen LogP contribution in [0.15, 0.2) is 76.4 Å². The average Bonchev–Trinajstić information content (AvgIpc) is 3.01. The van der Waals surface area contributed by atoms with E-state index in [0.29, 0.717) is 17.6 Å². The lowest BCUT2D eigenvalue weighted by molar-refractivity contribution is 0.654. The Labute approximate surface area is 156 Å². The lowest BCUT2D eigenvalue weighted by Gasteiger charge is -2.11. The molecule has 4 aromatic rings. The van der Waals surface area contributed by atoms with Crippen molar-refractivity contribution in [3.05, 3.63) is 104 Å². The van der Waals surface area contributed by atoms with Crippen LogP contribution in [0.1, 0.15) is 16.7 Å². The van der Waals surface area contributed by atoms with Gasteiger partial charge in [0.15, 0.2) is 0 Å². The standard InChI is InChI=1S/C22H21N3O2/c1-16-13-24(14-17-9-5-3-6-10-17)20-19(16)23(2)22(27)25(21(20)26)15-18-11-7-4-8-12-18/h3-13H,14-15H2,1-2H3. The number of benzene rings is 2. The Balaban J connectivity index is 1.92. The first-order valence-electron chi connectivity index (χ1n) is 8.93.